The minimum atomic E-state index is -0.739. The Kier molecular flexibility index (Phi) is 9.54. The number of nitrogens with one attached hydrogen (secondary N) is 1. The van der Waals surface area contributed by atoms with Crippen LogP contribution in [0.2, 0.25) is 10.0 Å². The molecular formula is C31H35Cl2N3O3. The second-order valence-corrected chi connectivity index (χ2v) is 11.6. The summed E-state index contributed by atoms with van der Waals surface area (Å²) in [6.45, 7) is 8.56. The van der Waals surface area contributed by atoms with Crippen LogP contribution in [0.1, 0.15) is 31.9 Å². The SMILES string of the molecule is CC(C)(C)OC(=O)N[C@@H](Cc1ccc(-c2ccccc2)cc1)C(=O)N1CCN(Cc2cccc(Cl)c2Cl)CC1. The zero-order chi connectivity index (χ0) is 28.0. The fraction of sp³-hybridized carbons (Fsp3) is 0.355. The van der Waals surface area contributed by atoms with Gasteiger partial charge in [0.15, 0.2) is 0 Å². The molecule has 0 radical (unpaired) electrons. The minimum absolute atomic E-state index is 0.117. The topological polar surface area (TPSA) is 61.9 Å². The van der Waals surface area contributed by atoms with Crippen molar-refractivity contribution in [1.29, 1.82) is 0 Å². The van der Waals surface area contributed by atoms with E-state index in [9.17, 15) is 9.59 Å². The van der Waals surface area contributed by atoms with Crippen LogP contribution in [-0.2, 0) is 22.5 Å². The maximum atomic E-state index is 13.7. The predicted octanol–water partition coefficient (Wildman–Crippen LogP) is 6.44. The average Bonchev–Trinajstić information content (AvgIpc) is 2.91. The molecule has 3 aromatic carbocycles. The molecule has 0 saturated carbocycles. The molecule has 1 N–H and O–H groups in total. The lowest BCUT2D eigenvalue weighted by atomic mass is 10.00. The van der Waals surface area contributed by atoms with Crippen LogP contribution in [0, 0.1) is 0 Å². The number of carbonyl (C=O) groups excluding carboxylic acids is 2. The number of amides is 2. The van der Waals surface area contributed by atoms with Gasteiger partial charge in [0.2, 0.25) is 5.91 Å². The number of nitrogens with zero attached hydrogens (tertiary/aromatic N) is 2. The number of hydrogen-bond acceptors (Lipinski definition) is 4. The fourth-order valence-corrected chi connectivity index (χ4v) is 4.99. The third kappa shape index (κ3) is 8.21. The number of benzene rings is 3. The van der Waals surface area contributed by atoms with Gasteiger partial charge in [0, 0.05) is 39.1 Å². The molecule has 6 nitrogen and oxygen atoms in total. The Bertz CT molecular complexity index is 1270. The van der Waals surface area contributed by atoms with Crippen LogP contribution >= 0.6 is 23.2 Å². The van der Waals surface area contributed by atoms with Crippen molar-refractivity contribution in [1.82, 2.24) is 15.1 Å². The van der Waals surface area contributed by atoms with E-state index in [4.69, 9.17) is 27.9 Å². The van der Waals surface area contributed by atoms with E-state index >= 15 is 0 Å². The molecule has 4 rings (SSSR count). The van der Waals surface area contributed by atoms with Crippen LogP contribution in [0.15, 0.2) is 72.8 Å². The third-order valence-electron chi connectivity index (χ3n) is 6.60. The highest BCUT2D eigenvalue weighted by molar-refractivity contribution is 6.42. The van der Waals surface area contributed by atoms with E-state index in [-0.39, 0.29) is 5.91 Å². The Balaban J connectivity index is 1.43. The molecule has 39 heavy (non-hydrogen) atoms. The molecule has 1 aliphatic heterocycles. The van der Waals surface area contributed by atoms with Gasteiger partial charge in [-0.05, 0) is 49.1 Å². The first-order valence-corrected chi connectivity index (χ1v) is 13.9. The Morgan fingerprint density at radius 1 is 0.872 bits per heavy atom. The molecule has 0 aromatic heterocycles. The highest BCUT2D eigenvalue weighted by atomic mass is 35.5. The van der Waals surface area contributed by atoms with Crippen LogP contribution in [-0.4, -0.2) is 59.6 Å². The molecule has 1 aliphatic rings. The van der Waals surface area contributed by atoms with E-state index in [1.807, 2.05) is 59.5 Å². The summed E-state index contributed by atoms with van der Waals surface area (Å²) < 4.78 is 5.47. The Morgan fingerprint density at radius 2 is 1.51 bits per heavy atom. The summed E-state index contributed by atoms with van der Waals surface area (Å²) in [5, 5.41) is 3.94. The maximum absolute atomic E-state index is 13.7. The predicted molar refractivity (Wildman–Crippen MR) is 157 cm³/mol. The van der Waals surface area contributed by atoms with E-state index < -0.39 is 17.7 Å². The van der Waals surface area contributed by atoms with E-state index in [0.717, 1.165) is 22.3 Å². The summed E-state index contributed by atoms with van der Waals surface area (Å²) >= 11 is 12.5. The zero-order valence-electron chi connectivity index (χ0n) is 22.6. The molecular weight excluding hydrogens is 533 g/mol. The fourth-order valence-electron chi connectivity index (χ4n) is 4.61. The Hall–Kier alpha value is -3.06. The average molecular weight is 569 g/mol. The normalized spacial score (nSPS) is 15.1. The highest BCUT2D eigenvalue weighted by Crippen LogP contribution is 2.27. The lowest BCUT2D eigenvalue weighted by Gasteiger charge is -2.36. The Morgan fingerprint density at radius 3 is 2.15 bits per heavy atom. The molecule has 0 bridgehead atoms. The quantitative estimate of drug-likeness (QED) is 0.357. The molecule has 0 spiro atoms. The van der Waals surface area contributed by atoms with Crippen molar-refractivity contribution in [2.75, 3.05) is 26.2 Å². The molecule has 8 heteroatoms. The van der Waals surface area contributed by atoms with Crippen LogP contribution in [0.5, 0.6) is 0 Å². The first-order valence-electron chi connectivity index (χ1n) is 13.2. The third-order valence-corrected chi connectivity index (χ3v) is 7.46. The molecule has 2 amide bonds. The summed E-state index contributed by atoms with van der Waals surface area (Å²) in [5.41, 5.74) is 3.48. The highest BCUT2D eigenvalue weighted by Gasteiger charge is 2.30. The largest absolute Gasteiger partial charge is 0.444 e. The van der Waals surface area contributed by atoms with Crippen molar-refractivity contribution in [2.45, 2.75) is 45.4 Å². The summed E-state index contributed by atoms with van der Waals surface area (Å²) in [5.74, 6) is -0.117. The van der Waals surface area contributed by atoms with Crippen LogP contribution in [0.25, 0.3) is 11.1 Å². The smallest absolute Gasteiger partial charge is 0.408 e. The van der Waals surface area contributed by atoms with Gasteiger partial charge in [0.1, 0.15) is 11.6 Å². The van der Waals surface area contributed by atoms with Crippen LogP contribution < -0.4 is 5.32 Å². The molecule has 1 atom stereocenters. The number of ether oxygens (including phenoxy) is 1. The molecule has 1 heterocycles. The summed E-state index contributed by atoms with van der Waals surface area (Å²) in [4.78, 5) is 30.4. The first kappa shape index (κ1) is 28.9. The molecule has 3 aromatic rings. The molecule has 0 aliphatic carbocycles. The lowest BCUT2D eigenvalue weighted by Crippen LogP contribution is -2.55. The molecule has 0 unspecified atom stereocenters. The number of alkyl carbamates (subject to hydrolysis) is 1. The van der Waals surface area contributed by atoms with Gasteiger partial charge in [-0.15, -0.1) is 0 Å². The maximum Gasteiger partial charge on any atom is 0.408 e. The number of piperazine rings is 1. The summed E-state index contributed by atoms with van der Waals surface area (Å²) in [6.07, 6.45) is -0.234. The van der Waals surface area contributed by atoms with Gasteiger partial charge in [0.25, 0.3) is 0 Å². The molecule has 1 saturated heterocycles. The second kappa shape index (κ2) is 12.9. The van der Waals surface area contributed by atoms with E-state index in [2.05, 4.69) is 22.3 Å². The number of rotatable bonds is 7. The number of halogens is 2. The standard InChI is InChI=1S/C31H35Cl2N3O3/c1-31(2,3)39-30(38)34-27(20-22-12-14-24(15-13-22)23-8-5-4-6-9-23)29(37)36-18-16-35(17-19-36)21-25-10-7-11-26(32)28(25)33/h4-15,27H,16-21H2,1-3H3,(H,34,38)/t27-/m0/s1. The van der Waals surface area contributed by atoms with Crippen molar-refractivity contribution in [3.05, 3.63) is 94.0 Å². The van der Waals surface area contributed by atoms with Crippen molar-refractivity contribution >= 4 is 35.2 Å². The van der Waals surface area contributed by atoms with Crippen molar-refractivity contribution in [2.24, 2.45) is 0 Å². The molecule has 1 fully saturated rings. The van der Waals surface area contributed by atoms with Crippen molar-refractivity contribution < 1.29 is 14.3 Å². The van der Waals surface area contributed by atoms with Gasteiger partial charge in [-0.25, -0.2) is 4.79 Å². The zero-order valence-corrected chi connectivity index (χ0v) is 24.1. The van der Waals surface area contributed by atoms with Gasteiger partial charge >= 0.3 is 6.09 Å². The summed E-state index contributed by atoms with van der Waals surface area (Å²) in [6, 6.07) is 23.1. The van der Waals surface area contributed by atoms with Gasteiger partial charge in [-0.1, -0.05) is 89.9 Å². The van der Waals surface area contributed by atoms with Gasteiger partial charge in [0.05, 0.1) is 10.0 Å². The van der Waals surface area contributed by atoms with Gasteiger partial charge in [-0.3, -0.25) is 9.69 Å². The van der Waals surface area contributed by atoms with Crippen molar-refractivity contribution in [3.8, 4) is 11.1 Å². The van der Waals surface area contributed by atoms with Gasteiger partial charge in [-0.2, -0.15) is 0 Å². The van der Waals surface area contributed by atoms with Crippen LogP contribution in [0.4, 0.5) is 4.79 Å². The van der Waals surface area contributed by atoms with Gasteiger partial charge < -0.3 is 15.0 Å². The lowest BCUT2D eigenvalue weighted by molar-refractivity contribution is -0.135. The molecule has 206 valence electrons. The number of carbonyl (C=O) groups is 2. The minimum Gasteiger partial charge on any atom is -0.444 e. The van der Waals surface area contributed by atoms with Crippen molar-refractivity contribution in [3.63, 3.8) is 0 Å². The van der Waals surface area contributed by atoms with E-state index in [0.29, 0.717) is 49.2 Å². The monoisotopic (exact) mass is 567 g/mol. The second-order valence-electron chi connectivity index (χ2n) is 10.8. The van der Waals surface area contributed by atoms with E-state index in [1.54, 1.807) is 26.8 Å². The number of hydrogen-bond donors (Lipinski definition) is 1. The summed E-state index contributed by atoms with van der Waals surface area (Å²) in [7, 11) is 0. The van der Waals surface area contributed by atoms with E-state index in [1.165, 1.54) is 0 Å². The Labute approximate surface area is 240 Å². The first-order chi connectivity index (χ1) is 18.6. The van der Waals surface area contributed by atoms with Crippen LogP contribution in [0.3, 0.4) is 0 Å².